The van der Waals surface area contributed by atoms with Gasteiger partial charge in [0.15, 0.2) is 9.84 Å². The van der Waals surface area contributed by atoms with Crippen LogP contribution in [0.5, 0.6) is 0 Å². The molecule has 3 N–H and O–H groups in total. The Bertz CT molecular complexity index is 1710. The average molecular weight is 584 g/mol. The molecule has 2 fully saturated rings. The minimum absolute atomic E-state index is 0.0197. The van der Waals surface area contributed by atoms with Gasteiger partial charge in [-0.3, -0.25) is 4.98 Å². The van der Waals surface area contributed by atoms with E-state index in [1.165, 1.54) is 12.3 Å². The van der Waals surface area contributed by atoms with Crippen molar-refractivity contribution in [3.63, 3.8) is 0 Å². The summed E-state index contributed by atoms with van der Waals surface area (Å²) in [5.74, 6) is -1.18. The molecule has 12 heteroatoms. The number of hydrogen-bond acceptors (Lipinski definition) is 8. The van der Waals surface area contributed by atoms with E-state index < -0.39 is 38.4 Å². The maximum atomic E-state index is 15.2. The number of benzene rings is 1. The van der Waals surface area contributed by atoms with E-state index in [4.69, 9.17) is 10.5 Å². The molecule has 3 aromatic heterocycles. The molecule has 0 radical (unpaired) electrons. The summed E-state index contributed by atoms with van der Waals surface area (Å²) < 4.78 is 61.6. The second-order valence-corrected chi connectivity index (χ2v) is 13.6. The van der Waals surface area contributed by atoms with Crippen LogP contribution in [0.4, 0.5) is 8.78 Å². The Morgan fingerprint density at radius 2 is 1.88 bits per heavy atom. The highest BCUT2D eigenvalue weighted by molar-refractivity contribution is 7.91. The van der Waals surface area contributed by atoms with Crippen LogP contribution < -0.4 is 5.73 Å². The fraction of sp³-hybridized carbons (Fsp3) is 0.414. The van der Waals surface area contributed by atoms with Crippen molar-refractivity contribution in [2.24, 2.45) is 11.7 Å². The van der Waals surface area contributed by atoms with Crippen molar-refractivity contribution in [1.29, 1.82) is 0 Å². The maximum Gasteiger partial charge on any atom is 0.152 e. The number of sulfone groups is 1. The third-order valence-electron chi connectivity index (χ3n) is 8.39. The standard InChI is InChI=1S/C29H31F2N5O4S/c1-16-7-17(8-24(32)28(16)41(2,38)39)21-5-6-33-12-18(21)9-26-34-13-20-3-4-25(35-36(20)26)27-22(30)10-19(11-23(27)31)29(37)14-40-15-29/h3-6,10-13,16-17,24,28,37H,7-9,14-15,32H2,1-2H3/t16-,17+,24+,28+/m0/s1. The zero-order valence-electron chi connectivity index (χ0n) is 22.7. The number of halogens is 2. The Balaban J connectivity index is 1.32. The highest BCUT2D eigenvalue weighted by Crippen LogP contribution is 2.40. The maximum absolute atomic E-state index is 15.2. The van der Waals surface area contributed by atoms with E-state index in [0.29, 0.717) is 30.6 Å². The smallest absolute Gasteiger partial charge is 0.152 e. The molecule has 1 aliphatic heterocycles. The fourth-order valence-electron chi connectivity index (χ4n) is 6.45. The molecule has 1 saturated carbocycles. The van der Waals surface area contributed by atoms with Crippen molar-refractivity contribution in [3.05, 3.63) is 83.1 Å². The molecule has 1 aliphatic carbocycles. The number of ether oxygens (including phenoxy) is 1. The Hall–Kier alpha value is -3.32. The van der Waals surface area contributed by atoms with E-state index in [1.54, 1.807) is 29.2 Å². The van der Waals surface area contributed by atoms with Crippen molar-refractivity contribution in [1.82, 2.24) is 19.6 Å². The molecule has 0 amide bonds. The molecule has 4 aromatic rings. The lowest BCUT2D eigenvalue weighted by Crippen LogP contribution is -2.48. The average Bonchev–Trinajstić information content (AvgIpc) is 3.28. The Labute approximate surface area is 236 Å². The van der Waals surface area contributed by atoms with Gasteiger partial charge in [0.25, 0.3) is 0 Å². The van der Waals surface area contributed by atoms with E-state index in [2.05, 4.69) is 15.1 Å². The van der Waals surface area contributed by atoms with Crippen LogP contribution in [0.1, 0.15) is 48.2 Å². The minimum Gasteiger partial charge on any atom is -0.380 e. The van der Waals surface area contributed by atoms with Crippen LogP contribution in [0.25, 0.3) is 16.8 Å². The monoisotopic (exact) mass is 583 g/mol. The third kappa shape index (κ3) is 5.03. The van der Waals surface area contributed by atoms with Crippen molar-refractivity contribution < 1.29 is 27.0 Å². The van der Waals surface area contributed by atoms with Gasteiger partial charge in [0.2, 0.25) is 0 Å². The van der Waals surface area contributed by atoms with Crippen molar-refractivity contribution in [2.45, 2.75) is 49.0 Å². The van der Waals surface area contributed by atoms with Gasteiger partial charge >= 0.3 is 0 Å². The zero-order chi connectivity index (χ0) is 29.1. The van der Waals surface area contributed by atoms with E-state index in [-0.39, 0.29) is 41.9 Å². The molecular weight excluding hydrogens is 552 g/mol. The topological polar surface area (TPSA) is 133 Å². The quantitative estimate of drug-likeness (QED) is 0.354. The van der Waals surface area contributed by atoms with Gasteiger partial charge in [-0.05, 0) is 71.7 Å². The minimum atomic E-state index is -3.28. The fourth-order valence-corrected chi connectivity index (χ4v) is 8.15. The van der Waals surface area contributed by atoms with Gasteiger partial charge in [-0.1, -0.05) is 6.92 Å². The van der Waals surface area contributed by atoms with Crippen molar-refractivity contribution >= 4 is 15.4 Å². The molecular formula is C29H31F2N5O4S. The Morgan fingerprint density at radius 3 is 2.51 bits per heavy atom. The molecule has 1 aromatic carbocycles. The number of pyridine rings is 1. The van der Waals surface area contributed by atoms with Crippen LogP contribution in [0.3, 0.4) is 0 Å². The second kappa shape index (κ2) is 10.2. The number of nitrogens with two attached hydrogens (primary N) is 1. The lowest BCUT2D eigenvalue weighted by molar-refractivity contribution is -0.184. The molecule has 41 heavy (non-hydrogen) atoms. The summed E-state index contributed by atoms with van der Waals surface area (Å²) >= 11 is 0. The first-order chi connectivity index (χ1) is 19.4. The molecule has 9 nitrogen and oxygen atoms in total. The van der Waals surface area contributed by atoms with E-state index in [1.807, 2.05) is 13.0 Å². The lowest BCUT2D eigenvalue weighted by atomic mass is 9.75. The van der Waals surface area contributed by atoms with Gasteiger partial charge in [-0.25, -0.2) is 26.7 Å². The number of fused-ring (bicyclic) bond motifs is 1. The molecule has 6 rings (SSSR count). The number of rotatable bonds is 6. The van der Waals surface area contributed by atoms with Gasteiger partial charge in [-0.2, -0.15) is 5.10 Å². The highest BCUT2D eigenvalue weighted by atomic mass is 32.2. The predicted octanol–water partition coefficient (Wildman–Crippen LogP) is 3.13. The number of aliphatic hydroxyl groups is 1. The first-order valence-electron chi connectivity index (χ1n) is 13.5. The Morgan fingerprint density at radius 1 is 1.15 bits per heavy atom. The SMILES string of the molecule is C[C@H]1C[C@@H](c2ccncc2Cc2ncc3ccc(-c4c(F)cc(C5(O)COC5)cc4F)nn23)C[C@@H](N)[C@@H]1S(C)(=O)=O. The molecule has 4 heterocycles. The van der Waals surface area contributed by atoms with Gasteiger partial charge in [0, 0.05) is 31.1 Å². The van der Waals surface area contributed by atoms with E-state index in [9.17, 15) is 13.5 Å². The van der Waals surface area contributed by atoms with Crippen LogP contribution in [0.15, 0.2) is 48.9 Å². The molecule has 0 unspecified atom stereocenters. The Kier molecular flexibility index (Phi) is 6.92. The first-order valence-corrected chi connectivity index (χ1v) is 15.4. The third-order valence-corrected chi connectivity index (χ3v) is 10.2. The zero-order valence-corrected chi connectivity index (χ0v) is 23.5. The van der Waals surface area contributed by atoms with Gasteiger partial charge in [0.1, 0.15) is 23.1 Å². The van der Waals surface area contributed by atoms with Gasteiger partial charge in [-0.15, -0.1) is 0 Å². The highest BCUT2D eigenvalue weighted by Gasteiger charge is 2.41. The number of nitrogens with zero attached hydrogens (tertiary/aromatic N) is 4. The number of imidazole rings is 1. The van der Waals surface area contributed by atoms with Crippen LogP contribution in [-0.4, -0.2) is 63.9 Å². The summed E-state index contributed by atoms with van der Waals surface area (Å²) in [4.78, 5) is 8.84. The van der Waals surface area contributed by atoms with Crippen molar-refractivity contribution in [3.8, 4) is 11.3 Å². The van der Waals surface area contributed by atoms with Crippen LogP contribution in [-0.2, 0) is 26.6 Å². The summed E-state index contributed by atoms with van der Waals surface area (Å²) in [5.41, 5.74) is 7.45. The van der Waals surface area contributed by atoms with Crippen LogP contribution in [0.2, 0.25) is 0 Å². The summed E-state index contributed by atoms with van der Waals surface area (Å²) in [5, 5.41) is 14.4. The van der Waals surface area contributed by atoms with Crippen LogP contribution in [0, 0.1) is 17.6 Å². The molecule has 4 atom stereocenters. The second-order valence-electron chi connectivity index (χ2n) is 11.4. The lowest BCUT2D eigenvalue weighted by Gasteiger charge is -2.38. The predicted molar refractivity (Wildman–Crippen MR) is 148 cm³/mol. The summed E-state index contributed by atoms with van der Waals surface area (Å²) in [6, 6.07) is 6.91. The first kappa shape index (κ1) is 27.8. The van der Waals surface area contributed by atoms with Crippen LogP contribution >= 0.6 is 0 Å². The molecule has 0 spiro atoms. The molecule has 0 bridgehead atoms. The summed E-state index contributed by atoms with van der Waals surface area (Å²) in [6.45, 7) is 1.89. The summed E-state index contributed by atoms with van der Waals surface area (Å²) in [7, 11) is -3.28. The summed E-state index contributed by atoms with van der Waals surface area (Å²) in [6.07, 6.45) is 7.89. The van der Waals surface area contributed by atoms with Crippen molar-refractivity contribution in [2.75, 3.05) is 19.5 Å². The van der Waals surface area contributed by atoms with Gasteiger partial charge in [0.05, 0.1) is 41.4 Å². The van der Waals surface area contributed by atoms with Gasteiger partial charge < -0.3 is 15.6 Å². The molecule has 216 valence electrons. The number of aromatic nitrogens is 4. The van der Waals surface area contributed by atoms with E-state index >= 15 is 8.78 Å². The normalized spacial score (nSPS) is 24.3. The van der Waals surface area contributed by atoms with E-state index in [0.717, 1.165) is 23.3 Å². The largest absolute Gasteiger partial charge is 0.380 e. The molecule has 2 aliphatic rings. The number of hydrogen-bond donors (Lipinski definition) is 2. The molecule has 1 saturated heterocycles.